The zero-order chi connectivity index (χ0) is 15.0. The van der Waals surface area contributed by atoms with Gasteiger partial charge in [0.05, 0.1) is 0 Å². The van der Waals surface area contributed by atoms with Crippen LogP contribution >= 0.6 is 0 Å². The standard InChI is InChI=1S/C20H32/c1-7-15(2)9-11-17-16(3)10-12-18-19(4,5)13-8-14-20(17,18)6/h7,9-10,17-18H,1,8,11-14H2,2-6H3/b15-9+/t17-,18?,20+/m0/s1. The molecule has 2 aliphatic rings. The summed E-state index contributed by atoms with van der Waals surface area (Å²) < 4.78 is 0. The van der Waals surface area contributed by atoms with Crippen LogP contribution in [0, 0.1) is 22.7 Å². The quantitative estimate of drug-likeness (QED) is 0.417. The van der Waals surface area contributed by atoms with Crippen LogP contribution in [-0.2, 0) is 0 Å². The molecule has 2 aliphatic carbocycles. The molecule has 112 valence electrons. The molecule has 1 unspecified atom stereocenters. The van der Waals surface area contributed by atoms with Crippen LogP contribution in [0.2, 0.25) is 0 Å². The maximum Gasteiger partial charge on any atom is -0.0114 e. The molecule has 3 atom stereocenters. The summed E-state index contributed by atoms with van der Waals surface area (Å²) in [6.07, 6.45) is 13.6. The molecule has 0 aliphatic heterocycles. The molecule has 0 heterocycles. The minimum atomic E-state index is 0.485. The van der Waals surface area contributed by atoms with E-state index in [-0.39, 0.29) is 0 Å². The predicted molar refractivity (Wildman–Crippen MR) is 89.7 cm³/mol. The van der Waals surface area contributed by atoms with E-state index in [9.17, 15) is 0 Å². The predicted octanol–water partition coefficient (Wildman–Crippen LogP) is 6.31. The Morgan fingerprint density at radius 2 is 2.05 bits per heavy atom. The van der Waals surface area contributed by atoms with Crippen LogP contribution in [0.4, 0.5) is 0 Å². The zero-order valence-electron chi connectivity index (χ0n) is 14.1. The van der Waals surface area contributed by atoms with E-state index in [4.69, 9.17) is 0 Å². The van der Waals surface area contributed by atoms with E-state index in [1.54, 1.807) is 5.57 Å². The SMILES string of the molecule is C=C/C(C)=C/C[C@H]1C(C)=CCC2C(C)(C)CCC[C@@]21C. The van der Waals surface area contributed by atoms with Gasteiger partial charge in [-0.15, -0.1) is 0 Å². The molecular formula is C20H32. The summed E-state index contributed by atoms with van der Waals surface area (Å²) in [5.74, 6) is 1.56. The molecule has 0 amide bonds. The van der Waals surface area contributed by atoms with E-state index in [1.807, 2.05) is 6.08 Å². The Morgan fingerprint density at radius 3 is 2.70 bits per heavy atom. The van der Waals surface area contributed by atoms with Gasteiger partial charge in [-0.05, 0) is 62.2 Å². The number of rotatable bonds is 3. The summed E-state index contributed by atoms with van der Waals surface area (Å²) in [5.41, 5.74) is 3.92. The molecule has 0 spiro atoms. The summed E-state index contributed by atoms with van der Waals surface area (Å²) in [5, 5.41) is 0. The fourth-order valence-electron chi connectivity index (χ4n) is 4.98. The van der Waals surface area contributed by atoms with Crippen molar-refractivity contribution in [3.63, 3.8) is 0 Å². The lowest BCUT2D eigenvalue weighted by Gasteiger charge is -2.56. The fourth-order valence-corrected chi connectivity index (χ4v) is 4.98. The van der Waals surface area contributed by atoms with E-state index in [1.165, 1.54) is 37.7 Å². The van der Waals surface area contributed by atoms with Gasteiger partial charge in [-0.3, -0.25) is 0 Å². The van der Waals surface area contributed by atoms with Crippen LogP contribution in [0.5, 0.6) is 0 Å². The van der Waals surface area contributed by atoms with Gasteiger partial charge in [0.2, 0.25) is 0 Å². The van der Waals surface area contributed by atoms with Crippen LogP contribution in [0.25, 0.3) is 0 Å². The minimum Gasteiger partial charge on any atom is -0.0988 e. The van der Waals surface area contributed by atoms with E-state index >= 15 is 0 Å². The largest absolute Gasteiger partial charge is 0.0988 e. The Morgan fingerprint density at radius 1 is 1.35 bits per heavy atom. The first-order valence-corrected chi connectivity index (χ1v) is 8.27. The Bertz CT molecular complexity index is 435. The molecule has 2 rings (SSSR count). The number of hydrogen-bond acceptors (Lipinski definition) is 0. The Kier molecular flexibility index (Phi) is 4.33. The van der Waals surface area contributed by atoms with Gasteiger partial charge in [-0.1, -0.05) is 63.1 Å². The van der Waals surface area contributed by atoms with Crippen molar-refractivity contribution in [2.24, 2.45) is 22.7 Å². The third kappa shape index (κ3) is 2.67. The first-order chi connectivity index (χ1) is 9.31. The van der Waals surface area contributed by atoms with Gasteiger partial charge in [0.1, 0.15) is 0 Å². The molecule has 0 radical (unpaired) electrons. The van der Waals surface area contributed by atoms with E-state index < -0.39 is 0 Å². The molecule has 1 saturated carbocycles. The highest BCUT2D eigenvalue weighted by Gasteiger charge is 2.51. The molecule has 0 nitrogen and oxygen atoms in total. The summed E-state index contributed by atoms with van der Waals surface area (Å²) in [6, 6.07) is 0. The second kappa shape index (κ2) is 5.54. The van der Waals surface area contributed by atoms with Crippen molar-refractivity contribution in [3.8, 4) is 0 Å². The van der Waals surface area contributed by atoms with E-state index in [0.29, 0.717) is 10.8 Å². The maximum atomic E-state index is 3.88. The van der Waals surface area contributed by atoms with Crippen molar-refractivity contribution in [3.05, 3.63) is 36.0 Å². The molecule has 0 saturated heterocycles. The van der Waals surface area contributed by atoms with Crippen molar-refractivity contribution < 1.29 is 0 Å². The molecular weight excluding hydrogens is 240 g/mol. The molecule has 0 N–H and O–H groups in total. The first-order valence-electron chi connectivity index (χ1n) is 8.27. The van der Waals surface area contributed by atoms with Gasteiger partial charge >= 0.3 is 0 Å². The highest BCUT2D eigenvalue weighted by Crippen LogP contribution is 2.60. The molecule has 1 fully saturated rings. The molecule has 20 heavy (non-hydrogen) atoms. The van der Waals surface area contributed by atoms with Crippen molar-refractivity contribution >= 4 is 0 Å². The van der Waals surface area contributed by atoms with Gasteiger partial charge in [-0.25, -0.2) is 0 Å². The summed E-state index contributed by atoms with van der Waals surface area (Å²) >= 11 is 0. The van der Waals surface area contributed by atoms with Crippen molar-refractivity contribution in [2.75, 3.05) is 0 Å². The Balaban J connectivity index is 2.32. The Hall–Kier alpha value is -0.780. The van der Waals surface area contributed by atoms with E-state index in [0.717, 1.165) is 11.8 Å². The smallest absolute Gasteiger partial charge is 0.0114 e. The number of hydrogen-bond donors (Lipinski definition) is 0. The van der Waals surface area contributed by atoms with Gasteiger partial charge in [-0.2, -0.15) is 0 Å². The number of fused-ring (bicyclic) bond motifs is 1. The second-order valence-electron chi connectivity index (χ2n) is 8.02. The average Bonchev–Trinajstić information content (AvgIpc) is 2.36. The second-order valence-corrected chi connectivity index (χ2v) is 8.02. The van der Waals surface area contributed by atoms with Crippen molar-refractivity contribution in [2.45, 2.75) is 66.7 Å². The molecule has 0 aromatic carbocycles. The van der Waals surface area contributed by atoms with E-state index in [2.05, 4.69) is 53.3 Å². The average molecular weight is 272 g/mol. The van der Waals surface area contributed by atoms with Crippen LogP contribution in [0.1, 0.15) is 66.7 Å². The normalized spacial score (nSPS) is 37.0. The van der Waals surface area contributed by atoms with Gasteiger partial charge in [0.25, 0.3) is 0 Å². The molecule has 0 aromatic heterocycles. The summed E-state index contributed by atoms with van der Waals surface area (Å²) in [6.45, 7) is 15.9. The minimum absolute atomic E-state index is 0.485. The molecule has 0 aromatic rings. The zero-order valence-corrected chi connectivity index (χ0v) is 14.1. The molecule has 0 heteroatoms. The summed E-state index contributed by atoms with van der Waals surface area (Å²) in [7, 11) is 0. The van der Waals surface area contributed by atoms with Crippen LogP contribution < -0.4 is 0 Å². The lowest BCUT2D eigenvalue weighted by molar-refractivity contribution is -0.0361. The van der Waals surface area contributed by atoms with Crippen molar-refractivity contribution in [1.82, 2.24) is 0 Å². The number of allylic oxidation sites excluding steroid dienone is 5. The van der Waals surface area contributed by atoms with Crippen molar-refractivity contribution in [1.29, 1.82) is 0 Å². The topological polar surface area (TPSA) is 0 Å². The highest BCUT2D eigenvalue weighted by atomic mass is 14.6. The first kappa shape index (κ1) is 15.6. The highest BCUT2D eigenvalue weighted by molar-refractivity contribution is 5.21. The van der Waals surface area contributed by atoms with Crippen LogP contribution in [0.3, 0.4) is 0 Å². The third-order valence-electron chi connectivity index (χ3n) is 6.29. The lowest BCUT2D eigenvalue weighted by atomic mass is 9.48. The van der Waals surface area contributed by atoms with Crippen LogP contribution in [-0.4, -0.2) is 0 Å². The maximum absolute atomic E-state index is 3.88. The Labute approximate surface area is 126 Å². The van der Waals surface area contributed by atoms with Gasteiger partial charge in [0, 0.05) is 0 Å². The van der Waals surface area contributed by atoms with Gasteiger partial charge in [0.15, 0.2) is 0 Å². The fraction of sp³-hybridized carbons (Fsp3) is 0.700. The summed E-state index contributed by atoms with van der Waals surface area (Å²) in [4.78, 5) is 0. The lowest BCUT2D eigenvalue weighted by Crippen LogP contribution is -2.48. The monoisotopic (exact) mass is 272 g/mol. The van der Waals surface area contributed by atoms with Crippen LogP contribution in [0.15, 0.2) is 36.0 Å². The third-order valence-corrected chi connectivity index (χ3v) is 6.29. The van der Waals surface area contributed by atoms with Gasteiger partial charge < -0.3 is 0 Å². The molecule has 0 bridgehead atoms.